The second-order valence-corrected chi connectivity index (χ2v) is 8.10. The van der Waals surface area contributed by atoms with Crippen molar-refractivity contribution in [1.29, 1.82) is 0 Å². The van der Waals surface area contributed by atoms with E-state index < -0.39 is 6.23 Å². The molecule has 31 heavy (non-hydrogen) atoms. The maximum absolute atomic E-state index is 13.2. The van der Waals surface area contributed by atoms with Crippen molar-refractivity contribution in [2.24, 2.45) is 0 Å². The minimum Gasteiger partial charge on any atom is -0.344 e. The number of likely N-dealkylation sites (tertiary alicyclic amines) is 1. The number of anilines is 1. The van der Waals surface area contributed by atoms with E-state index in [1.165, 1.54) is 4.90 Å². The number of fused-ring (bicyclic) bond motifs is 2. The van der Waals surface area contributed by atoms with Gasteiger partial charge in [0.15, 0.2) is 11.9 Å². The fraction of sp³-hybridized carbons (Fsp3) is 0.304. The van der Waals surface area contributed by atoms with E-state index in [0.29, 0.717) is 22.2 Å². The number of pyridine rings is 2. The van der Waals surface area contributed by atoms with E-state index in [1.54, 1.807) is 18.2 Å². The summed E-state index contributed by atoms with van der Waals surface area (Å²) in [4.78, 5) is 38.0. The molecule has 2 aliphatic rings. The summed E-state index contributed by atoms with van der Waals surface area (Å²) in [5, 5.41) is 1.14. The molecular formula is C23H21ClN4O3. The van der Waals surface area contributed by atoms with Gasteiger partial charge in [-0.05, 0) is 49.6 Å². The van der Waals surface area contributed by atoms with Crippen LogP contribution in [0.15, 0.2) is 48.5 Å². The Kier molecular flexibility index (Phi) is 5.29. The maximum atomic E-state index is 13.2. The first-order valence-electron chi connectivity index (χ1n) is 10.4. The van der Waals surface area contributed by atoms with Crippen molar-refractivity contribution in [3.8, 4) is 0 Å². The zero-order chi connectivity index (χ0) is 21.4. The zero-order valence-corrected chi connectivity index (χ0v) is 17.6. The molecule has 0 N–H and O–H groups in total. The minimum absolute atomic E-state index is 0.0589. The van der Waals surface area contributed by atoms with Gasteiger partial charge in [-0.2, -0.15) is 0 Å². The van der Waals surface area contributed by atoms with E-state index >= 15 is 0 Å². The molecule has 7 nitrogen and oxygen atoms in total. The van der Waals surface area contributed by atoms with E-state index in [-0.39, 0.29) is 18.4 Å². The van der Waals surface area contributed by atoms with Crippen LogP contribution in [0.5, 0.6) is 0 Å². The molecule has 158 valence electrons. The summed E-state index contributed by atoms with van der Waals surface area (Å²) in [5.74, 6) is 0.121. The number of carbonyl (C=O) groups is 2. The molecule has 1 aromatic carbocycles. The van der Waals surface area contributed by atoms with Gasteiger partial charge in [0.25, 0.3) is 5.91 Å². The Morgan fingerprint density at radius 1 is 1.03 bits per heavy atom. The van der Waals surface area contributed by atoms with E-state index in [9.17, 15) is 9.59 Å². The number of ether oxygens (including phenoxy) is 1. The molecule has 0 saturated carbocycles. The van der Waals surface area contributed by atoms with Gasteiger partial charge in [0.1, 0.15) is 17.6 Å². The van der Waals surface area contributed by atoms with Crippen LogP contribution in [-0.2, 0) is 9.53 Å². The highest BCUT2D eigenvalue weighted by molar-refractivity contribution is 6.29. The molecule has 5 rings (SSSR count). The Labute approximate surface area is 184 Å². The number of benzene rings is 1. The molecule has 0 radical (unpaired) electrons. The van der Waals surface area contributed by atoms with E-state index in [4.69, 9.17) is 16.3 Å². The topological polar surface area (TPSA) is 75.6 Å². The van der Waals surface area contributed by atoms with Crippen molar-refractivity contribution >= 4 is 40.3 Å². The Morgan fingerprint density at radius 3 is 2.65 bits per heavy atom. The van der Waals surface area contributed by atoms with Gasteiger partial charge >= 0.3 is 0 Å². The molecule has 0 bridgehead atoms. The highest BCUT2D eigenvalue weighted by Crippen LogP contribution is 2.38. The summed E-state index contributed by atoms with van der Waals surface area (Å²) in [7, 11) is 0. The Bertz CT molecular complexity index is 1160. The van der Waals surface area contributed by atoms with Gasteiger partial charge in [0, 0.05) is 29.6 Å². The highest BCUT2D eigenvalue weighted by Gasteiger charge is 2.39. The Hall–Kier alpha value is -3.03. The summed E-state index contributed by atoms with van der Waals surface area (Å²) >= 11 is 6.02. The van der Waals surface area contributed by atoms with Crippen LogP contribution in [0.25, 0.3) is 11.0 Å². The number of halogens is 1. The Morgan fingerprint density at radius 2 is 1.81 bits per heavy atom. The molecule has 1 saturated heterocycles. The van der Waals surface area contributed by atoms with Crippen molar-refractivity contribution < 1.29 is 14.3 Å². The molecule has 8 heteroatoms. The standard InChI is InChI=1S/C23H21ClN4O3/c24-18-10-8-15-9-11-19(26-21(15)25-18)28-22(30)16-6-2-3-7-17(16)23(28)31-14-20(29)27-12-4-1-5-13-27/h2-3,6-11,23H,1,4-5,12-14H2. The predicted molar refractivity (Wildman–Crippen MR) is 117 cm³/mol. The van der Waals surface area contributed by atoms with Crippen molar-refractivity contribution in [2.45, 2.75) is 25.5 Å². The lowest BCUT2D eigenvalue weighted by Gasteiger charge is -2.29. The fourth-order valence-electron chi connectivity index (χ4n) is 4.16. The SMILES string of the molecule is O=C(COC1c2ccccc2C(=O)N1c1ccc2ccc(Cl)nc2n1)N1CCCCC1. The lowest BCUT2D eigenvalue weighted by Crippen LogP contribution is -2.39. The highest BCUT2D eigenvalue weighted by atomic mass is 35.5. The van der Waals surface area contributed by atoms with E-state index in [1.807, 2.05) is 35.2 Å². The first-order chi connectivity index (χ1) is 15.1. The quantitative estimate of drug-likeness (QED) is 0.578. The van der Waals surface area contributed by atoms with Gasteiger partial charge in [0.2, 0.25) is 5.91 Å². The van der Waals surface area contributed by atoms with Gasteiger partial charge < -0.3 is 9.64 Å². The molecule has 1 unspecified atom stereocenters. The number of amides is 2. The van der Waals surface area contributed by atoms with Crippen LogP contribution in [-0.4, -0.2) is 46.4 Å². The third-order valence-corrected chi connectivity index (χ3v) is 5.95. The molecule has 2 aromatic heterocycles. The van der Waals surface area contributed by atoms with Crippen LogP contribution in [0.2, 0.25) is 5.15 Å². The molecule has 0 aliphatic carbocycles. The number of hydrogen-bond donors (Lipinski definition) is 0. The van der Waals surface area contributed by atoms with Crippen molar-refractivity contribution in [3.05, 3.63) is 64.8 Å². The van der Waals surface area contributed by atoms with Crippen LogP contribution in [0, 0.1) is 0 Å². The first-order valence-corrected chi connectivity index (χ1v) is 10.7. The summed E-state index contributed by atoms with van der Waals surface area (Å²) in [6.07, 6.45) is 2.44. The second-order valence-electron chi connectivity index (χ2n) is 7.72. The monoisotopic (exact) mass is 436 g/mol. The number of nitrogens with zero attached hydrogens (tertiary/aromatic N) is 4. The number of rotatable bonds is 4. The molecule has 4 heterocycles. The lowest BCUT2D eigenvalue weighted by molar-refractivity contribution is -0.139. The van der Waals surface area contributed by atoms with Gasteiger partial charge in [-0.1, -0.05) is 29.8 Å². The van der Waals surface area contributed by atoms with Gasteiger partial charge in [-0.3, -0.25) is 14.5 Å². The number of carbonyl (C=O) groups excluding carboxylic acids is 2. The smallest absolute Gasteiger partial charge is 0.262 e. The second kappa shape index (κ2) is 8.24. The van der Waals surface area contributed by atoms with Crippen LogP contribution in [0.1, 0.15) is 41.4 Å². The summed E-state index contributed by atoms with van der Waals surface area (Å²) < 4.78 is 6.05. The van der Waals surface area contributed by atoms with Crippen LogP contribution < -0.4 is 4.90 Å². The summed E-state index contributed by atoms with van der Waals surface area (Å²) in [6, 6.07) is 14.4. The maximum Gasteiger partial charge on any atom is 0.262 e. The average Bonchev–Trinajstić information content (AvgIpc) is 3.09. The third-order valence-electron chi connectivity index (χ3n) is 5.73. The number of aromatic nitrogens is 2. The predicted octanol–water partition coefficient (Wildman–Crippen LogP) is 3.97. The molecule has 2 amide bonds. The molecule has 1 atom stereocenters. The van der Waals surface area contributed by atoms with Crippen LogP contribution >= 0.6 is 11.6 Å². The third kappa shape index (κ3) is 3.75. The molecule has 3 aromatic rings. The van der Waals surface area contributed by atoms with Gasteiger partial charge in [-0.25, -0.2) is 9.97 Å². The van der Waals surface area contributed by atoms with Crippen molar-refractivity contribution in [2.75, 3.05) is 24.6 Å². The minimum atomic E-state index is -0.735. The largest absolute Gasteiger partial charge is 0.344 e. The van der Waals surface area contributed by atoms with Crippen molar-refractivity contribution in [3.63, 3.8) is 0 Å². The van der Waals surface area contributed by atoms with Crippen LogP contribution in [0.4, 0.5) is 5.82 Å². The van der Waals surface area contributed by atoms with Gasteiger partial charge in [-0.15, -0.1) is 0 Å². The zero-order valence-electron chi connectivity index (χ0n) is 16.8. The fourth-order valence-corrected chi connectivity index (χ4v) is 4.30. The Balaban J connectivity index is 1.46. The summed E-state index contributed by atoms with van der Waals surface area (Å²) in [6.45, 7) is 1.41. The average molecular weight is 437 g/mol. The molecule has 0 spiro atoms. The van der Waals surface area contributed by atoms with E-state index in [2.05, 4.69) is 9.97 Å². The summed E-state index contributed by atoms with van der Waals surface area (Å²) in [5.41, 5.74) is 1.70. The van der Waals surface area contributed by atoms with Crippen LogP contribution in [0.3, 0.4) is 0 Å². The number of hydrogen-bond acceptors (Lipinski definition) is 5. The lowest BCUT2D eigenvalue weighted by atomic mass is 10.1. The van der Waals surface area contributed by atoms with Gasteiger partial charge in [0.05, 0.1) is 0 Å². The first kappa shape index (κ1) is 19.9. The number of piperidine rings is 1. The molecule has 1 fully saturated rings. The molecular weight excluding hydrogens is 416 g/mol. The molecule has 2 aliphatic heterocycles. The van der Waals surface area contributed by atoms with E-state index in [0.717, 1.165) is 43.3 Å². The van der Waals surface area contributed by atoms with Crippen molar-refractivity contribution in [1.82, 2.24) is 14.9 Å². The normalized spacial score (nSPS) is 18.5.